The molecule has 5 nitrogen and oxygen atoms in total. The van der Waals surface area contributed by atoms with E-state index in [2.05, 4.69) is 10.6 Å². The average molecular weight is 368 g/mol. The molecule has 0 unspecified atom stereocenters. The van der Waals surface area contributed by atoms with E-state index in [9.17, 15) is 9.59 Å². The molecular formula is C20H20N2O3S. The first-order valence-corrected chi connectivity index (χ1v) is 9.08. The lowest BCUT2D eigenvalue weighted by Gasteiger charge is -2.19. The molecule has 2 amide bonds. The van der Waals surface area contributed by atoms with Crippen molar-refractivity contribution < 1.29 is 14.3 Å². The van der Waals surface area contributed by atoms with Gasteiger partial charge in [-0.3, -0.25) is 9.59 Å². The van der Waals surface area contributed by atoms with Crippen molar-refractivity contribution in [2.45, 2.75) is 24.8 Å². The number of amides is 2. The van der Waals surface area contributed by atoms with Crippen molar-refractivity contribution in [3.8, 4) is 5.75 Å². The largest absolute Gasteiger partial charge is 0.497 e. The van der Waals surface area contributed by atoms with Gasteiger partial charge in [0, 0.05) is 16.5 Å². The van der Waals surface area contributed by atoms with Gasteiger partial charge in [0.1, 0.15) is 5.75 Å². The Morgan fingerprint density at radius 3 is 2.58 bits per heavy atom. The van der Waals surface area contributed by atoms with E-state index >= 15 is 0 Å². The Bertz CT molecular complexity index is 873. The number of methoxy groups -OCH3 is 1. The number of anilines is 1. The van der Waals surface area contributed by atoms with Gasteiger partial charge in [0.25, 0.3) is 11.8 Å². The number of hydrogen-bond donors (Lipinski definition) is 2. The SMILES string of the molecule is COc1ccc(C=C2Sc3ccc(C(=O)NC(C)C)cc3NC2=O)cc1. The van der Waals surface area contributed by atoms with Gasteiger partial charge in [-0.05, 0) is 55.8 Å². The Balaban J connectivity index is 1.82. The molecule has 1 heterocycles. The van der Waals surface area contributed by atoms with Crippen LogP contribution < -0.4 is 15.4 Å². The van der Waals surface area contributed by atoms with Gasteiger partial charge >= 0.3 is 0 Å². The van der Waals surface area contributed by atoms with Crippen LogP contribution in [0, 0.1) is 0 Å². The van der Waals surface area contributed by atoms with E-state index < -0.39 is 0 Å². The Morgan fingerprint density at radius 2 is 1.92 bits per heavy atom. The molecule has 26 heavy (non-hydrogen) atoms. The highest BCUT2D eigenvalue weighted by Crippen LogP contribution is 2.39. The van der Waals surface area contributed by atoms with E-state index in [1.54, 1.807) is 19.2 Å². The summed E-state index contributed by atoms with van der Waals surface area (Å²) in [5.74, 6) is 0.437. The molecular weight excluding hydrogens is 348 g/mol. The molecule has 2 aromatic carbocycles. The van der Waals surface area contributed by atoms with Crippen LogP contribution >= 0.6 is 11.8 Å². The fourth-order valence-corrected chi connectivity index (χ4v) is 3.43. The van der Waals surface area contributed by atoms with Crippen LogP contribution in [0.4, 0.5) is 5.69 Å². The molecule has 0 spiro atoms. The van der Waals surface area contributed by atoms with Gasteiger partial charge in [0.15, 0.2) is 0 Å². The van der Waals surface area contributed by atoms with E-state index in [-0.39, 0.29) is 17.9 Å². The molecule has 0 atom stereocenters. The second kappa shape index (κ2) is 7.66. The molecule has 0 radical (unpaired) electrons. The standard InChI is InChI=1S/C20H20N2O3S/c1-12(2)21-19(23)14-6-9-17-16(11-14)22-20(24)18(26-17)10-13-4-7-15(25-3)8-5-13/h4-12H,1-3H3,(H,21,23)(H,22,24). The van der Waals surface area contributed by atoms with Crippen LogP contribution in [0.5, 0.6) is 5.75 Å². The van der Waals surface area contributed by atoms with Crippen LogP contribution in [0.3, 0.4) is 0 Å². The lowest BCUT2D eigenvalue weighted by atomic mass is 10.1. The Morgan fingerprint density at radius 1 is 1.19 bits per heavy atom. The molecule has 3 rings (SSSR count). The fraction of sp³-hybridized carbons (Fsp3) is 0.200. The van der Waals surface area contributed by atoms with Crippen molar-refractivity contribution in [2.75, 3.05) is 12.4 Å². The number of hydrogen-bond acceptors (Lipinski definition) is 4. The number of benzene rings is 2. The Hall–Kier alpha value is -2.73. The van der Waals surface area contributed by atoms with E-state index in [1.165, 1.54) is 11.8 Å². The maximum Gasteiger partial charge on any atom is 0.262 e. The molecule has 0 aliphatic carbocycles. The molecule has 1 aliphatic rings. The number of nitrogens with one attached hydrogen (secondary N) is 2. The quantitative estimate of drug-likeness (QED) is 0.803. The van der Waals surface area contributed by atoms with E-state index in [0.717, 1.165) is 16.2 Å². The smallest absolute Gasteiger partial charge is 0.262 e. The van der Waals surface area contributed by atoms with Crippen LogP contribution in [-0.2, 0) is 4.79 Å². The lowest BCUT2D eigenvalue weighted by molar-refractivity contribution is -0.112. The molecule has 0 aromatic heterocycles. The summed E-state index contributed by atoms with van der Waals surface area (Å²) >= 11 is 1.39. The molecule has 6 heteroatoms. The summed E-state index contributed by atoms with van der Waals surface area (Å²) in [6.07, 6.45) is 1.84. The van der Waals surface area contributed by atoms with E-state index in [1.807, 2.05) is 50.3 Å². The number of ether oxygens (including phenoxy) is 1. The lowest BCUT2D eigenvalue weighted by Crippen LogP contribution is -2.30. The normalized spacial score (nSPS) is 14.8. The molecule has 0 bridgehead atoms. The highest BCUT2D eigenvalue weighted by Gasteiger charge is 2.22. The number of fused-ring (bicyclic) bond motifs is 1. The van der Waals surface area contributed by atoms with Crippen LogP contribution in [0.15, 0.2) is 52.3 Å². The topological polar surface area (TPSA) is 67.4 Å². The van der Waals surface area contributed by atoms with E-state index in [0.29, 0.717) is 16.2 Å². The predicted octanol–water partition coefficient (Wildman–Crippen LogP) is 3.92. The molecule has 0 saturated heterocycles. The summed E-state index contributed by atoms with van der Waals surface area (Å²) in [5, 5.41) is 5.72. The first-order chi connectivity index (χ1) is 12.5. The predicted molar refractivity (Wildman–Crippen MR) is 105 cm³/mol. The summed E-state index contributed by atoms with van der Waals surface area (Å²) in [6.45, 7) is 3.81. The highest BCUT2D eigenvalue weighted by atomic mass is 32.2. The monoisotopic (exact) mass is 368 g/mol. The molecule has 2 N–H and O–H groups in total. The first kappa shape index (κ1) is 18.1. The minimum Gasteiger partial charge on any atom is -0.497 e. The van der Waals surface area contributed by atoms with Gasteiger partial charge in [0.05, 0.1) is 17.7 Å². The zero-order chi connectivity index (χ0) is 18.7. The molecule has 0 saturated carbocycles. The highest BCUT2D eigenvalue weighted by molar-refractivity contribution is 8.04. The Kier molecular flexibility index (Phi) is 5.32. The third-order valence-corrected chi connectivity index (χ3v) is 4.87. The van der Waals surface area contributed by atoms with Crippen molar-refractivity contribution in [1.29, 1.82) is 0 Å². The van der Waals surface area contributed by atoms with Crippen LogP contribution in [-0.4, -0.2) is 25.0 Å². The van der Waals surface area contributed by atoms with Gasteiger partial charge in [-0.25, -0.2) is 0 Å². The summed E-state index contributed by atoms with van der Waals surface area (Å²) < 4.78 is 5.14. The van der Waals surface area contributed by atoms with Crippen molar-refractivity contribution in [2.24, 2.45) is 0 Å². The van der Waals surface area contributed by atoms with Gasteiger partial charge < -0.3 is 15.4 Å². The van der Waals surface area contributed by atoms with E-state index in [4.69, 9.17) is 4.74 Å². The summed E-state index contributed by atoms with van der Waals surface area (Å²) in [7, 11) is 1.62. The van der Waals surface area contributed by atoms with Crippen LogP contribution in [0.25, 0.3) is 6.08 Å². The summed E-state index contributed by atoms with van der Waals surface area (Å²) in [6, 6.07) is 12.9. The average Bonchev–Trinajstić information content (AvgIpc) is 2.62. The fourth-order valence-electron chi connectivity index (χ4n) is 2.50. The summed E-state index contributed by atoms with van der Waals surface area (Å²) in [4.78, 5) is 26.1. The van der Waals surface area contributed by atoms with Gasteiger partial charge in [0.2, 0.25) is 0 Å². The zero-order valence-corrected chi connectivity index (χ0v) is 15.6. The first-order valence-electron chi connectivity index (χ1n) is 8.26. The van der Waals surface area contributed by atoms with Crippen LogP contribution in [0.2, 0.25) is 0 Å². The maximum absolute atomic E-state index is 12.4. The van der Waals surface area contributed by atoms with Gasteiger partial charge in [-0.1, -0.05) is 23.9 Å². The minimum absolute atomic E-state index is 0.0570. The second-order valence-electron chi connectivity index (χ2n) is 6.18. The zero-order valence-electron chi connectivity index (χ0n) is 14.8. The number of carbonyl (C=O) groups is 2. The van der Waals surface area contributed by atoms with Gasteiger partial charge in [-0.2, -0.15) is 0 Å². The van der Waals surface area contributed by atoms with Crippen molar-refractivity contribution in [1.82, 2.24) is 5.32 Å². The molecule has 2 aromatic rings. The molecule has 0 fully saturated rings. The molecule has 134 valence electrons. The van der Waals surface area contributed by atoms with Crippen molar-refractivity contribution in [3.05, 3.63) is 58.5 Å². The van der Waals surface area contributed by atoms with Gasteiger partial charge in [-0.15, -0.1) is 0 Å². The summed E-state index contributed by atoms with van der Waals surface area (Å²) in [5.41, 5.74) is 2.10. The van der Waals surface area contributed by atoms with Crippen molar-refractivity contribution >= 4 is 35.3 Å². The maximum atomic E-state index is 12.4. The van der Waals surface area contributed by atoms with Crippen LogP contribution in [0.1, 0.15) is 29.8 Å². The minimum atomic E-state index is -0.181. The number of carbonyl (C=O) groups excluding carboxylic acids is 2. The van der Waals surface area contributed by atoms with Crippen molar-refractivity contribution in [3.63, 3.8) is 0 Å². The molecule has 1 aliphatic heterocycles. The third kappa shape index (κ3) is 4.08. The Labute approximate surface area is 156 Å². The second-order valence-corrected chi connectivity index (χ2v) is 7.26. The number of rotatable bonds is 4. The third-order valence-electron chi connectivity index (χ3n) is 3.77. The number of thioether (sulfide) groups is 1.